The van der Waals surface area contributed by atoms with Crippen molar-refractivity contribution in [3.63, 3.8) is 0 Å². The highest BCUT2D eigenvalue weighted by atomic mass is 14.9. The Morgan fingerprint density at radius 3 is 1.35 bits per heavy atom. The maximum atomic E-state index is 5.10. The van der Waals surface area contributed by atoms with E-state index in [4.69, 9.17) is 9.97 Å². The minimum atomic E-state index is 0.704. The molecule has 242 valence electrons. The third-order valence-electron chi connectivity index (χ3n) is 10.2. The van der Waals surface area contributed by atoms with Crippen LogP contribution in [0, 0.1) is 0 Å². The Morgan fingerprint density at radius 1 is 0.288 bits per heavy atom. The quantitative estimate of drug-likeness (QED) is 0.172. The molecule has 0 amide bonds. The van der Waals surface area contributed by atoms with Crippen LogP contribution in [-0.4, -0.2) is 15.0 Å². The maximum Gasteiger partial charge on any atom is 0.160 e. The molecule has 0 aliphatic carbocycles. The van der Waals surface area contributed by atoms with Crippen LogP contribution in [0.2, 0.25) is 0 Å². The highest BCUT2D eigenvalue weighted by Gasteiger charge is 2.16. The van der Waals surface area contributed by atoms with Gasteiger partial charge >= 0.3 is 0 Å². The topological polar surface area (TPSA) is 38.7 Å². The summed E-state index contributed by atoms with van der Waals surface area (Å²) in [4.78, 5) is 14.3. The number of fused-ring (bicyclic) bond motifs is 8. The lowest BCUT2D eigenvalue weighted by atomic mass is 9.87. The van der Waals surface area contributed by atoms with Gasteiger partial charge in [0.2, 0.25) is 0 Å². The first-order valence-electron chi connectivity index (χ1n) is 17.6. The van der Waals surface area contributed by atoms with E-state index in [-0.39, 0.29) is 0 Å². The SMILES string of the molecule is c1ccc(-c2nc(-c3ccc(-c4ccncc4)cc3)cc(-c3ccc(-c4cc5c6ccccc6c6ccccc6c5c5ccccc45)cc3)n2)cc1. The van der Waals surface area contributed by atoms with Crippen LogP contribution in [0.4, 0.5) is 0 Å². The lowest BCUT2D eigenvalue weighted by Crippen LogP contribution is -1.96. The molecule has 0 atom stereocenters. The van der Waals surface area contributed by atoms with Gasteiger partial charge in [-0.05, 0) is 89.6 Å². The number of hydrogen-bond donors (Lipinski definition) is 0. The first-order valence-corrected chi connectivity index (χ1v) is 17.6. The van der Waals surface area contributed by atoms with Gasteiger partial charge in [0, 0.05) is 29.1 Å². The van der Waals surface area contributed by atoms with E-state index in [2.05, 4.69) is 151 Å². The molecule has 8 aromatic carbocycles. The Labute approximate surface area is 301 Å². The fraction of sp³-hybridized carbons (Fsp3) is 0. The maximum absolute atomic E-state index is 5.10. The zero-order valence-corrected chi connectivity index (χ0v) is 28.2. The molecule has 3 heteroatoms. The van der Waals surface area contributed by atoms with E-state index in [0.717, 1.165) is 39.2 Å². The molecule has 0 saturated heterocycles. The third kappa shape index (κ3) is 5.10. The number of aromatic nitrogens is 3. The van der Waals surface area contributed by atoms with Gasteiger partial charge in [-0.25, -0.2) is 9.97 Å². The third-order valence-corrected chi connectivity index (χ3v) is 10.2. The van der Waals surface area contributed by atoms with Gasteiger partial charge < -0.3 is 0 Å². The fourth-order valence-corrected chi connectivity index (χ4v) is 7.66. The number of rotatable bonds is 5. The molecule has 3 nitrogen and oxygen atoms in total. The lowest BCUT2D eigenvalue weighted by Gasteiger charge is -2.16. The number of pyridine rings is 1. The molecule has 0 bridgehead atoms. The molecule has 0 saturated carbocycles. The van der Waals surface area contributed by atoms with E-state index in [1.54, 1.807) is 0 Å². The first-order chi connectivity index (χ1) is 25.8. The van der Waals surface area contributed by atoms with Crippen LogP contribution >= 0.6 is 0 Å². The van der Waals surface area contributed by atoms with E-state index < -0.39 is 0 Å². The van der Waals surface area contributed by atoms with Crippen molar-refractivity contribution < 1.29 is 0 Å². The Kier molecular flexibility index (Phi) is 7.14. The van der Waals surface area contributed by atoms with Gasteiger partial charge in [0.15, 0.2) is 5.82 Å². The van der Waals surface area contributed by atoms with Gasteiger partial charge in [0.05, 0.1) is 11.4 Å². The lowest BCUT2D eigenvalue weighted by molar-refractivity contribution is 1.18. The molecule has 0 aliphatic rings. The van der Waals surface area contributed by atoms with Crippen molar-refractivity contribution in [3.8, 4) is 56.2 Å². The molecule has 0 fully saturated rings. The van der Waals surface area contributed by atoms with E-state index in [1.807, 2.05) is 42.7 Å². The summed E-state index contributed by atoms with van der Waals surface area (Å²) in [5.41, 5.74) is 9.50. The normalized spacial score (nSPS) is 11.5. The number of benzene rings is 8. The number of hydrogen-bond acceptors (Lipinski definition) is 3. The molecule has 10 aromatic rings. The highest BCUT2D eigenvalue weighted by molar-refractivity contribution is 6.33. The van der Waals surface area contributed by atoms with Gasteiger partial charge in [-0.2, -0.15) is 0 Å². The molecule has 52 heavy (non-hydrogen) atoms. The molecular formula is C49H31N3. The van der Waals surface area contributed by atoms with Crippen molar-refractivity contribution in [2.45, 2.75) is 0 Å². The molecule has 0 N–H and O–H groups in total. The van der Waals surface area contributed by atoms with Crippen molar-refractivity contribution in [1.82, 2.24) is 15.0 Å². The molecular weight excluding hydrogens is 631 g/mol. The van der Waals surface area contributed by atoms with Crippen molar-refractivity contribution >= 4 is 43.1 Å². The zero-order chi connectivity index (χ0) is 34.4. The van der Waals surface area contributed by atoms with Crippen LogP contribution in [-0.2, 0) is 0 Å². The Hall–Kier alpha value is -6.97. The van der Waals surface area contributed by atoms with Gasteiger partial charge in [-0.3, -0.25) is 4.98 Å². The van der Waals surface area contributed by atoms with Crippen molar-refractivity contribution in [1.29, 1.82) is 0 Å². The average Bonchev–Trinajstić information content (AvgIpc) is 3.24. The molecule has 0 radical (unpaired) electrons. The van der Waals surface area contributed by atoms with Crippen LogP contribution < -0.4 is 0 Å². The van der Waals surface area contributed by atoms with Crippen molar-refractivity contribution in [3.05, 3.63) is 188 Å². The molecule has 10 rings (SSSR count). The van der Waals surface area contributed by atoms with Gasteiger partial charge in [0.25, 0.3) is 0 Å². The van der Waals surface area contributed by atoms with Crippen molar-refractivity contribution in [2.24, 2.45) is 0 Å². The summed E-state index contributed by atoms with van der Waals surface area (Å²) < 4.78 is 0. The molecule has 2 heterocycles. The standard InChI is InChI=1S/C49H31N3/c1-2-10-37(11-3-1)49-51-46(35-22-18-32(19-23-35)33-26-28-50-29-27-33)31-47(52-49)36-24-20-34(21-25-36)44-30-45-40-14-5-4-12-38(40)39-13-6-8-16-42(39)48(45)43-17-9-7-15-41(43)44/h1-31H. The largest absolute Gasteiger partial charge is 0.265 e. The molecule has 2 aromatic heterocycles. The summed E-state index contributed by atoms with van der Waals surface area (Å²) in [7, 11) is 0. The second-order valence-electron chi connectivity index (χ2n) is 13.2. The Bertz CT molecular complexity index is 2920. The summed E-state index contributed by atoms with van der Waals surface area (Å²) in [5.74, 6) is 0.704. The van der Waals surface area contributed by atoms with E-state index >= 15 is 0 Å². The molecule has 0 unspecified atom stereocenters. The summed E-state index contributed by atoms with van der Waals surface area (Å²) in [6, 6.07) is 62.6. The van der Waals surface area contributed by atoms with Crippen molar-refractivity contribution in [2.75, 3.05) is 0 Å². The zero-order valence-electron chi connectivity index (χ0n) is 28.2. The van der Waals surface area contributed by atoms with E-state index in [0.29, 0.717) is 5.82 Å². The van der Waals surface area contributed by atoms with E-state index in [1.165, 1.54) is 54.2 Å². The summed E-state index contributed by atoms with van der Waals surface area (Å²) in [5, 5.41) is 10.2. The van der Waals surface area contributed by atoms with Gasteiger partial charge in [-0.15, -0.1) is 0 Å². The summed E-state index contributed by atoms with van der Waals surface area (Å²) in [6.07, 6.45) is 3.65. The second kappa shape index (κ2) is 12.4. The predicted molar refractivity (Wildman–Crippen MR) is 217 cm³/mol. The monoisotopic (exact) mass is 661 g/mol. The van der Waals surface area contributed by atoms with Crippen LogP contribution in [0.1, 0.15) is 0 Å². The Balaban J connectivity index is 1.11. The molecule has 0 spiro atoms. The first kappa shape index (κ1) is 29.9. The van der Waals surface area contributed by atoms with Gasteiger partial charge in [0.1, 0.15) is 0 Å². The highest BCUT2D eigenvalue weighted by Crippen LogP contribution is 2.43. The second-order valence-corrected chi connectivity index (χ2v) is 13.2. The summed E-state index contributed by atoms with van der Waals surface area (Å²) >= 11 is 0. The van der Waals surface area contributed by atoms with E-state index in [9.17, 15) is 0 Å². The Morgan fingerprint density at radius 2 is 0.731 bits per heavy atom. The van der Waals surface area contributed by atoms with Crippen LogP contribution in [0.25, 0.3) is 99.2 Å². The van der Waals surface area contributed by atoms with Gasteiger partial charge in [-0.1, -0.05) is 152 Å². The number of nitrogens with zero attached hydrogens (tertiary/aromatic N) is 3. The summed E-state index contributed by atoms with van der Waals surface area (Å²) in [6.45, 7) is 0. The minimum Gasteiger partial charge on any atom is -0.265 e. The smallest absolute Gasteiger partial charge is 0.160 e. The molecule has 0 aliphatic heterocycles. The average molecular weight is 662 g/mol. The van der Waals surface area contributed by atoms with Crippen LogP contribution in [0.15, 0.2) is 188 Å². The minimum absolute atomic E-state index is 0.704. The van der Waals surface area contributed by atoms with Crippen LogP contribution in [0.5, 0.6) is 0 Å². The predicted octanol–water partition coefficient (Wildman–Crippen LogP) is 12.8. The van der Waals surface area contributed by atoms with Crippen LogP contribution in [0.3, 0.4) is 0 Å². The fourth-order valence-electron chi connectivity index (χ4n) is 7.66.